The Morgan fingerprint density at radius 2 is 1.83 bits per heavy atom. The van der Waals surface area contributed by atoms with Crippen LogP contribution in [0.1, 0.15) is 16.1 Å². The number of aromatic nitrogens is 1. The van der Waals surface area contributed by atoms with E-state index in [0.29, 0.717) is 27.0 Å². The molecule has 0 fully saturated rings. The Morgan fingerprint density at radius 3 is 2.52 bits per heavy atom. The maximum atomic E-state index is 12.7. The van der Waals surface area contributed by atoms with Crippen LogP contribution in [-0.2, 0) is 6.18 Å². The van der Waals surface area contributed by atoms with Crippen LogP contribution in [0.25, 0.3) is 10.9 Å². The first kappa shape index (κ1) is 15.5. The Balaban J connectivity index is 1.89. The van der Waals surface area contributed by atoms with Crippen LogP contribution in [0, 0.1) is 0 Å². The molecule has 0 aliphatic heterocycles. The minimum absolute atomic E-state index is 0.352. The molecular formula is C16H11F3N2OS. The number of hydrogen-bond acceptors (Lipinski definition) is 2. The zero-order chi connectivity index (χ0) is 16.6. The summed E-state index contributed by atoms with van der Waals surface area (Å²) in [4.78, 5) is 15.0. The number of carbonyl (C=O) groups is 1. The third-order valence-corrected chi connectivity index (χ3v) is 3.72. The highest BCUT2D eigenvalue weighted by Gasteiger charge is 2.32. The lowest BCUT2D eigenvalue weighted by Crippen LogP contribution is -2.12. The van der Waals surface area contributed by atoms with Crippen LogP contribution in [0.15, 0.2) is 53.4 Å². The summed E-state index contributed by atoms with van der Waals surface area (Å²) in [5.41, 5.74) is 0.328. The first-order valence-electron chi connectivity index (χ1n) is 6.64. The summed E-state index contributed by atoms with van der Waals surface area (Å²) >= 11 is 4.21. The molecule has 0 saturated carbocycles. The minimum atomic E-state index is -4.44. The lowest BCUT2D eigenvalue weighted by molar-refractivity contribution is -0.140. The van der Waals surface area contributed by atoms with Crippen LogP contribution in [-0.4, -0.2) is 10.9 Å². The number of amides is 1. The number of fused-ring (bicyclic) bond motifs is 1. The van der Waals surface area contributed by atoms with E-state index in [9.17, 15) is 18.0 Å². The minimum Gasteiger partial charge on any atom is -0.351 e. The molecule has 118 valence electrons. The standard InChI is InChI=1S/C16H11F3N2OS/c17-16(18,19)14-8-9-7-10(5-6-12(9)21-14)20-15(22)11-3-1-2-4-13(11)23/h1-8,21,23H,(H,20,22). The van der Waals surface area contributed by atoms with Gasteiger partial charge in [0.2, 0.25) is 0 Å². The smallest absolute Gasteiger partial charge is 0.351 e. The Bertz CT molecular complexity index is 886. The van der Waals surface area contributed by atoms with Crippen LogP contribution in [0.3, 0.4) is 0 Å². The summed E-state index contributed by atoms with van der Waals surface area (Å²) < 4.78 is 38.1. The van der Waals surface area contributed by atoms with Crippen molar-refractivity contribution in [2.24, 2.45) is 0 Å². The highest BCUT2D eigenvalue weighted by molar-refractivity contribution is 7.80. The highest BCUT2D eigenvalue weighted by atomic mass is 32.1. The summed E-state index contributed by atoms with van der Waals surface area (Å²) in [6, 6.07) is 12.3. The molecule has 3 nitrogen and oxygen atoms in total. The van der Waals surface area contributed by atoms with Gasteiger partial charge in [0.15, 0.2) is 0 Å². The van der Waals surface area contributed by atoms with E-state index in [2.05, 4.69) is 22.9 Å². The van der Waals surface area contributed by atoms with Crippen molar-refractivity contribution in [3.05, 3.63) is 59.8 Å². The second kappa shape index (κ2) is 5.66. The van der Waals surface area contributed by atoms with Gasteiger partial charge in [-0.15, -0.1) is 12.6 Å². The predicted octanol–water partition coefficient (Wildman–Crippen LogP) is 4.73. The first-order valence-corrected chi connectivity index (χ1v) is 7.08. The van der Waals surface area contributed by atoms with Crippen LogP contribution in [0.5, 0.6) is 0 Å². The molecule has 0 bridgehead atoms. The third-order valence-electron chi connectivity index (χ3n) is 3.33. The van der Waals surface area contributed by atoms with Crippen LogP contribution in [0.4, 0.5) is 18.9 Å². The number of H-pyrrole nitrogens is 1. The molecule has 2 aromatic carbocycles. The van der Waals surface area contributed by atoms with E-state index in [0.717, 1.165) is 6.07 Å². The van der Waals surface area contributed by atoms with E-state index < -0.39 is 11.9 Å². The fraction of sp³-hybridized carbons (Fsp3) is 0.0625. The molecule has 0 radical (unpaired) electrons. The number of aromatic amines is 1. The molecule has 1 heterocycles. The molecular weight excluding hydrogens is 325 g/mol. The molecule has 23 heavy (non-hydrogen) atoms. The van der Waals surface area contributed by atoms with E-state index in [1.807, 2.05) is 0 Å². The van der Waals surface area contributed by atoms with Gasteiger partial charge in [0.1, 0.15) is 5.69 Å². The van der Waals surface area contributed by atoms with Gasteiger partial charge in [-0.1, -0.05) is 12.1 Å². The van der Waals surface area contributed by atoms with Crippen LogP contribution in [0.2, 0.25) is 0 Å². The predicted molar refractivity (Wildman–Crippen MR) is 84.9 cm³/mol. The molecule has 3 rings (SSSR count). The molecule has 3 aromatic rings. The lowest BCUT2D eigenvalue weighted by Gasteiger charge is -2.07. The normalized spacial score (nSPS) is 11.7. The third kappa shape index (κ3) is 3.19. The van der Waals surface area contributed by atoms with Crippen molar-refractivity contribution in [2.75, 3.05) is 5.32 Å². The zero-order valence-corrected chi connectivity index (χ0v) is 12.5. The number of anilines is 1. The highest BCUT2D eigenvalue weighted by Crippen LogP contribution is 2.32. The van der Waals surface area contributed by atoms with Gasteiger partial charge in [0, 0.05) is 21.5 Å². The molecule has 0 aliphatic carbocycles. The van der Waals surface area contributed by atoms with Gasteiger partial charge in [0.05, 0.1) is 5.56 Å². The number of rotatable bonds is 2. The van der Waals surface area contributed by atoms with E-state index in [1.54, 1.807) is 24.3 Å². The van der Waals surface area contributed by atoms with Crippen molar-refractivity contribution in [1.82, 2.24) is 4.98 Å². The van der Waals surface area contributed by atoms with Crippen molar-refractivity contribution in [2.45, 2.75) is 11.1 Å². The topological polar surface area (TPSA) is 44.9 Å². The Kier molecular flexibility index (Phi) is 3.81. The number of carbonyl (C=O) groups excluding carboxylic acids is 1. The van der Waals surface area contributed by atoms with Gasteiger partial charge >= 0.3 is 6.18 Å². The van der Waals surface area contributed by atoms with Crippen molar-refractivity contribution in [1.29, 1.82) is 0 Å². The van der Waals surface area contributed by atoms with Gasteiger partial charge in [0.25, 0.3) is 5.91 Å². The second-order valence-corrected chi connectivity index (χ2v) is 5.44. The van der Waals surface area contributed by atoms with E-state index in [-0.39, 0.29) is 5.91 Å². The Labute approximate surface area is 134 Å². The van der Waals surface area contributed by atoms with E-state index in [1.165, 1.54) is 18.2 Å². The molecule has 2 N–H and O–H groups in total. The monoisotopic (exact) mass is 336 g/mol. The van der Waals surface area contributed by atoms with Crippen molar-refractivity contribution in [3.8, 4) is 0 Å². The number of alkyl halides is 3. The van der Waals surface area contributed by atoms with Crippen LogP contribution >= 0.6 is 12.6 Å². The van der Waals surface area contributed by atoms with Gasteiger partial charge in [-0.25, -0.2) is 0 Å². The molecule has 0 spiro atoms. The molecule has 1 aromatic heterocycles. The maximum Gasteiger partial charge on any atom is 0.431 e. The molecule has 1 amide bonds. The average molecular weight is 336 g/mol. The molecule has 0 aliphatic rings. The zero-order valence-electron chi connectivity index (χ0n) is 11.6. The number of halogens is 3. The summed E-state index contributed by atoms with van der Waals surface area (Å²) in [6.45, 7) is 0. The van der Waals surface area contributed by atoms with Crippen molar-refractivity contribution < 1.29 is 18.0 Å². The molecule has 0 saturated heterocycles. The Hall–Kier alpha value is -2.41. The molecule has 7 heteroatoms. The SMILES string of the molecule is O=C(Nc1ccc2[nH]c(C(F)(F)F)cc2c1)c1ccccc1S. The number of hydrogen-bond donors (Lipinski definition) is 3. The molecule has 0 atom stereocenters. The largest absolute Gasteiger partial charge is 0.431 e. The number of thiol groups is 1. The summed E-state index contributed by atoms with van der Waals surface area (Å²) in [5, 5.41) is 3.03. The first-order chi connectivity index (χ1) is 10.8. The quantitative estimate of drug-likeness (QED) is 0.582. The fourth-order valence-electron chi connectivity index (χ4n) is 2.23. The van der Waals surface area contributed by atoms with E-state index >= 15 is 0 Å². The maximum absolute atomic E-state index is 12.7. The number of benzene rings is 2. The van der Waals surface area contributed by atoms with Gasteiger partial charge < -0.3 is 10.3 Å². The van der Waals surface area contributed by atoms with Gasteiger partial charge in [-0.05, 0) is 36.4 Å². The van der Waals surface area contributed by atoms with Gasteiger partial charge in [-0.2, -0.15) is 13.2 Å². The van der Waals surface area contributed by atoms with Gasteiger partial charge in [-0.3, -0.25) is 4.79 Å². The average Bonchev–Trinajstić information content (AvgIpc) is 2.91. The van der Waals surface area contributed by atoms with Crippen molar-refractivity contribution >= 4 is 35.1 Å². The van der Waals surface area contributed by atoms with E-state index in [4.69, 9.17) is 0 Å². The summed E-state index contributed by atoms with van der Waals surface area (Å²) in [6.07, 6.45) is -4.44. The summed E-state index contributed by atoms with van der Waals surface area (Å²) in [7, 11) is 0. The summed E-state index contributed by atoms with van der Waals surface area (Å²) in [5.74, 6) is -0.374. The fourth-order valence-corrected chi connectivity index (χ4v) is 2.49. The molecule has 0 unspecified atom stereocenters. The van der Waals surface area contributed by atoms with Crippen molar-refractivity contribution in [3.63, 3.8) is 0 Å². The lowest BCUT2D eigenvalue weighted by atomic mass is 10.2. The Morgan fingerprint density at radius 1 is 1.09 bits per heavy atom. The number of nitrogens with one attached hydrogen (secondary N) is 2. The second-order valence-electron chi connectivity index (χ2n) is 4.95. The van der Waals surface area contributed by atoms with Crippen LogP contribution < -0.4 is 5.32 Å².